The van der Waals surface area contributed by atoms with Crippen LogP contribution in [0.3, 0.4) is 0 Å². The highest BCUT2D eigenvalue weighted by atomic mass is 19.1. The van der Waals surface area contributed by atoms with Crippen molar-refractivity contribution in [2.24, 2.45) is 5.92 Å². The van der Waals surface area contributed by atoms with Crippen molar-refractivity contribution in [3.05, 3.63) is 69.4 Å². The van der Waals surface area contributed by atoms with E-state index in [4.69, 9.17) is 0 Å². The van der Waals surface area contributed by atoms with Crippen LogP contribution in [0.25, 0.3) is 11.0 Å². The van der Waals surface area contributed by atoms with Crippen LogP contribution < -0.4 is 10.9 Å². The number of carbonyl (C=O) groups excluding carboxylic acids is 2. The normalized spacial score (nSPS) is 16.5. The molecule has 2 fully saturated rings. The molecule has 3 heterocycles. The van der Waals surface area contributed by atoms with Crippen molar-refractivity contribution in [2.45, 2.75) is 57.5 Å². The Labute approximate surface area is 225 Å². The first-order valence-electron chi connectivity index (χ1n) is 13.5. The minimum absolute atomic E-state index is 0.0294. The standard InChI is InChI=1S/C29H33FN4O5/c30-21-8-4-18(5-9-21)15-19-16-23-26(31-17-19)27(37)25(28(38)32-22(10-14-35)20-6-7-20)29(39)34(23)13-12-33-11-2-1-3-24(33)36/h4-5,8-9,16-17,20,22,35,37H,1-3,6-7,10-15H2,(H,32,38). The molecule has 10 heteroatoms. The third-order valence-electron chi connectivity index (χ3n) is 7.65. The molecule has 206 valence electrons. The summed E-state index contributed by atoms with van der Waals surface area (Å²) in [7, 11) is 0. The number of aliphatic hydroxyl groups excluding tert-OH is 1. The molecule has 0 spiro atoms. The maximum absolute atomic E-state index is 13.8. The molecule has 0 radical (unpaired) electrons. The van der Waals surface area contributed by atoms with E-state index in [-0.39, 0.29) is 48.9 Å². The molecule has 39 heavy (non-hydrogen) atoms. The number of likely N-dealkylation sites (tertiary alicyclic amines) is 1. The Morgan fingerprint density at radius 3 is 2.59 bits per heavy atom. The lowest BCUT2D eigenvalue weighted by Gasteiger charge is -2.27. The molecule has 1 saturated heterocycles. The minimum Gasteiger partial charge on any atom is -0.505 e. The van der Waals surface area contributed by atoms with Gasteiger partial charge in [0.25, 0.3) is 11.5 Å². The zero-order chi connectivity index (χ0) is 27.5. The number of nitrogens with one attached hydrogen (secondary N) is 1. The quantitative estimate of drug-likeness (QED) is 0.366. The average Bonchev–Trinajstić information content (AvgIpc) is 3.76. The Bertz CT molecular complexity index is 1430. The van der Waals surface area contributed by atoms with Crippen molar-refractivity contribution in [1.82, 2.24) is 19.8 Å². The summed E-state index contributed by atoms with van der Waals surface area (Å²) in [6.07, 6.45) is 6.42. The van der Waals surface area contributed by atoms with Gasteiger partial charge in [-0.15, -0.1) is 0 Å². The number of piperidine rings is 1. The number of aromatic nitrogens is 2. The summed E-state index contributed by atoms with van der Waals surface area (Å²) < 4.78 is 14.8. The van der Waals surface area contributed by atoms with Gasteiger partial charge in [0.1, 0.15) is 16.9 Å². The fourth-order valence-electron chi connectivity index (χ4n) is 5.33. The number of amides is 2. The molecule has 1 aliphatic carbocycles. The molecular formula is C29H33FN4O5. The number of pyridine rings is 2. The zero-order valence-corrected chi connectivity index (χ0v) is 21.7. The largest absolute Gasteiger partial charge is 0.505 e. The highest BCUT2D eigenvalue weighted by molar-refractivity contribution is 6.01. The van der Waals surface area contributed by atoms with Gasteiger partial charge in [-0.1, -0.05) is 12.1 Å². The van der Waals surface area contributed by atoms with Gasteiger partial charge in [-0.25, -0.2) is 4.39 Å². The van der Waals surface area contributed by atoms with Crippen LogP contribution in [0.15, 0.2) is 41.3 Å². The third-order valence-corrected chi connectivity index (χ3v) is 7.65. The smallest absolute Gasteiger partial charge is 0.267 e. The molecule has 0 bridgehead atoms. The van der Waals surface area contributed by atoms with E-state index in [0.29, 0.717) is 31.3 Å². The van der Waals surface area contributed by atoms with E-state index in [1.54, 1.807) is 29.3 Å². The maximum Gasteiger partial charge on any atom is 0.267 e. The van der Waals surface area contributed by atoms with E-state index in [9.17, 15) is 29.0 Å². The van der Waals surface area contributed by atoms with Crippen molar-refractivity contribution >= 4 is 22.8 Å². The molecular weight excluding hydrogens is 503 g/mol. The summed E-state index contributed by atoms with van der Waals surface area (Å²) in [5.41, 5.74) is 0.992. The lowest BCUT2D eigenvalue weighted by molar-refractivity contribution is -0.133. The van der Waals surface area contributed by atoms with Crippen LogP contribution in [0.2, 0.25) is 0 Å². The van der Waals surface area contributed by atoms with Crippen LogP contribution in [0.5, 0.6) is 5.75 Å². The highest BCUT2D eigenvalue weighted by Crippen LogP contribution is 2.34. The van der Waals surface area contributed by atoms with E-state index >= 15 is 0 Å². The first-order valence-corrected chi connectivity index (χ1v) is 13.5. The molecule has 1 unspecified atom stereocenters. The Morgan fingerprint density at radius 2 is 1.90 bits per heavy atom. The van der Waals surface area contributed by atoms with Crippen molar-refractivity contribution < 1.29 is 24.2 Å². The van der Waals surface area contributed by atoms with Gasteiger partial charge in [-0.05, 0) is 73.8 Å². The first kappa shape index (κ1) is 26.8. The number of hydrogen-bond acceptors (Lipinski definition) is 6. The molecule has 9 nitrogen and oxygen atoms in total. The van der Waals surface area contributed by atoms with Crippen molar-refractivity contribution in [2.75, 3.05) is 19.7 Å². The van der Waals surface area contributed by atoms with Crippen LogP contribution in [0, 0.1) is 11.7 Å². The summed E-state index contributed by atoms with van der Waals surface area (Å²) in [5, 5.41) is 23.4. The summed E-state index contributed by atoms with van der Waals surface area (Å²) in [6, 6.07) is 7.54. The lowest BCUT2D eigenvalue weighted by Crippen LogP contribution is -2.42. The molecule has 3 aromatic rings. The SMILES string of the molecule is O=C(NC(CCO)C1CC1)c1c(O)c2ncc(Cc3ccc(F)cc3)cc2n(CCN2CCCCC2=O)c1=O. The second-order valence-electron chi connectivity index (χ2n) is 10.5. The first-order chi connectivity index (χ1) is 18.9. The fourth-order valence-corrected chi connectivity index (χ4v) is 5.33. The van der Waals surface area contributed by atoms with E-state index in [1.807, 2.05) is 0 Å². The van der Waals surface area contributed by atoms with Gasteiger partial charge in [-0.3, -0.25) is 19.4 Å². The van der Waals surface area contributed by atoms with Crippen LogP contribution >= 0.6 is 0 Å². The number of carbonyl (C=O) groups is 2. The number of benzene rings is 1. The van der Waals surface area contributed by atoms with Crippen LogP contribution in [0.1, 0.15) is 60.0 Å². The molecule has 1 saturated carbocycles. The van der Waals surface area contributed by atoms with Crippen LogP contribution in [0.4, 0.5) is 4.39 Å². The summed E-state index contributed by atoms with van der Waals surface area (Å²) in [4.78, 5) is 45.6. The van der Waals surface area contributed by atoms with Crippen molar-refractivity contribution in [1.29, 1.82) is 0 Å². The van der Waals surface area contributed by atoms with Gasteiger partial charge in [0.2, 0.25) is 5.91 Å². The van der Waals surface area contributed by atoms with Crippen LogP contribution in [-0.4, -0.2) is 62.2 Å². The zero-order valence-electron chi connectivity index (χ0n) is 21.7. The van der Waals surface area contributed by atoms with E-state index < -0.39 is 22.8 Å². The number of aromatic hydroxyl groups is 1. The predicted octanol–water partition coefficient (Wildman–Crippen LogP) is 2.74. The van der Waals surface area contributed by atoms with Gasteiger partial charge < -0.3 is 25.0 Å². The van der Waals surface area contributed by atoms with E-state index in [1.165, 1.54) is 16.7 Å². The number of halogens is 1. The molecule has 3 N–H and O–H groups in total. The average molecular weight is 537 g/mol. The predicted molar refractivity (Wildman–Crippen MR) is 143 cm³/mol. The second kappa shape index (κ2) is 11.5. The van der Waals surface area contributed by atoms with Crippen molar-refractivity contribution in [3.8, 4) is 5.75 Å². The van der Waals surface area contributed by atoms with Gasteiger partial charge in [0, 0.05) is 44.9 Å². The maximum atomic E-state index is 13.8. The monoisotopic (exact) mass is 536 g/mol. The molecule has 1 atom stereocenters. The second-order valence-corrected chi connectivity index (χ2v) is 10.5. The Balaban J connectivity index is 1.53. The van der Waals surface area contributed by atoms with Gasteiger partial charge in [0.15, 0.2) is 5.75 Å². The molecule has 1 aliphatic heterocycles. The lowest BCUT2D eigenvalue weighted by atomic mass is 10.0. The highest BCUT2D eigenvalue weighted by Gasteiger charge is 2.34. The molecule has 1 aromatic carbocycles. The number of aliphatic hydroxyl groups is 1. The summed E-state index contributed by atoms with van der Waals surface area (Å²) in [5.74, 6) is -1.27. The molecule has 2 aliphatic rings. The fraction of sp³-hybridized carbons (Fsp3) is 0.448. The Hall–Kier alpha value is -3.79. The molecule has 5 rings (SSSR count). The van der Waals surface area contributed by atoms with Gasteiger partial charge >= 0.3 is 0 Å². The number of fused-ring (bicyclic) bond motifs is 1. The topological polar surface area (TPSA) is 125 Å². The van der Waals surface area contributed by atoms with Crippen molar-refractivity contribution in [3.63, 3.8) is 0 Å². The number of rotatable bonds is 10. The van der Waals surface area contributed by atoms with Gasteiger partial charge in [-0.2, -0.15) is 0 Å². The molecule has 2 amide bonds. The Morgan fingerprint density at radius 1 is 1.13 bits per heavy atom. The number of nitrogens with zero attached hydrogens (tertiary/aromatic N) is 3. The van der Waals surface area contributed by atoms with Crippen LogP contribution in [-0.2, 0) is 17.8 Å². The Kier molecular flexibility index (Phi) is 7.92. The minimum atomic E-state index is -0.704. The van der Waals surface area contributed by atoms with E-state index in [2.05, 4.69) is 10.3 Å². The van der Waals surface area contributed by atoms with E-state index in [0.717, 1.165) is 36.8 Å². The van der Waals surface area contributed by atoms with Gasteiger partial charge in [0.05, 0.1) is 5.52 Å². The summed E-state index contributed by atoms with van der Waals surface area (Å²) >= 11 is 0. The third kappa shape index (κ3) is 5.95. The number of hydrogen-bond donors (Lipinski definition) is 3. The summed E-state index contributed by atoms with van der Waals surface area (Å²) in [6.45, 7) is 0.927. The molecule has 2 aromatic heterocycles.